The van der Waals surface area contributed by atoms with E-state index in [1.807, 2.05) is 0 Å². The third-order valence-corrected chi connectivity index (χ3v) is 1.47. The molecule has 0 unspecified atom stereocenters. The van der Waals surface area contributed by atoms with Gasteiger partial charge in [0.25, 0.3) is 0 Å². The van der Waals surface area contributed by atoms with Gasteiger partial charge in [-0.25, -0.2) is 9.97 Å². The summed E-state index contributed by atoms with van der Waals surface area (Å²) in [6.45, 7) is -0.730. The minimum Gasteiger partial charge on any atom is -0.392 e. The molecule has 1 heterocycles. The molecule has 0 aliphatic rings. The molecule has 0 aliphatic carbocycles. The van der Waals surface area contributed by atoms with Crippen LogP contribution in [0, 0.1) is 0 Å². The standard InChI is InChI=1S/C7H10N2O3/c10-2-5-1-8-7(4-12)9-6(5)3-11/h1,10-12H,2-4H2. The maximum absolute atomic E-state index is 8.79. The third-order valence-electron chi connectivity index (χ3n) is 1.47. The topological polar surface area (TPSA) is 86.5 Å². The number of rotatable bonds is 3. The molecule has 0 atom stereocenters. The summed E-state index contributed by atoms with van der Waals surface area (Å²) in [5.41, 5.74) is 0.839. The Morgan fingerprint density at radius 1 is 1.08 bits per heavy atom. The van der Waals surface area contributed by atoms with Crippen LogP contribution in [0.3, 0.4) is 0 Å². The van der Waals surface area contributed by atoms with Crippen LogP contribution < -0.4 is 0 Å². The Balaban J connectivity index is 3.02. The fourth-order valence-electron chi connectivity index (χ4n) is 0.829. The first kappa shape index (κ1) is 9.05. The Kier molecular flexibility index (Phi) is 3.09. The zero-order valence-electron chi connectivity index (χ0n) is 6.43. The van der Waals surface area contributed by atoms with Crippen molar-refractivity contribution in [3.8, 4) is 0 Å². The summed E-state index contributed by atoms with van der Waals surface area (Å²) in [5.74, 6) is 0.247. The molecule has 0 saturated carbocycles. The highest BCUT2D eigenvalue weighted by molar-refractivity contribution is 5.15. The lowest BCUT2D eigenvalue weighted by atomic mass is 10.2. The van der Waals surface area contributed by atoms with Gasteiger partial charge in [-0.2, -0.15) is 0 Å². The molecule has 0 fully saturated rings. The quantitative estimate of drug-likeness (QED) is 0.539. The fourth-order valence-corrected chi connectivity index (χ4v) is 0.829. The second-order valence-electron chi connectivity index (χ2n) is 2.23. The van der Waals surface area contributed by atoms with Gasteiger partial charge in [0.1, 0.15) is 6.61 Å². The first-order chi connectivity index (χ1) is 5.81. The van der Waals surface area contributed by atoms with Crippen LogP contribution in [-0.2, 0) is 19.8 Å². The van der Waals surface area contributed by atoms with Gasteiger partial charge in [0.15, 0.2) is 5.82 Å². The summed E-state index contributed by atoms with van der Waals surface area (Å²) >= 11 is 0. The van der Waals surface area contributed by atoms with Gasteiger partial charge >= 0.3 is 0 Å². The summed E-state index contributed by atoms with van der Waals surface area (Å²) in [5, 5.41) is 26.2. The van der Waals surface area contributed by atoms with Gasteiger partial charge in [-0.3, -0.25) is 0 Å². The van der Waals surface area contributed by atoms with Crippen molar-refractivity contribution >= 4 is 0 Å². The van der Waals surface area contributed by atoms with Crippen molar-refractivity contribution in [2.24, 2.45) is 0 Å². The molecule has 0 aliphatic heterocycles. The van der Waals surface area contributed by atoms with Crippen LogP contribution in [0.25, 0.3) is 0 Å². The molecule has 1 rings (SSSR count). The summed E-state index contributed by atoms with van der Waals surface area (Å²) in [6.07, 6.45) is 1.39. The second kappa shape index (κ2) is 4.10. The normalized spacial score (nSPS) is 10.2. The average Bonchev–Trinajstić information content (AvgIpc) is 2.16. The van der Waals surface area contributed by atoms with Crippen molar-refractivity contribution in [1.82, 2.24) is 9.97 Å². The van der Waals surface area contributed by atoms with Gasteiger partial charge < -0.3 is 15.3 Å². The van der Waals surface area contributed by atoms with Gasteiger partial charge in [0.05, 0.1) is 18.9 Å². The van der Waals surface area contributed by atoms with Crippen LogP contribution in [-0.4, -0.2) is 25.3 Å². The molecule has 0 aromatic carbocycles. The van der Waals surface area contributed by atoms with Crippen molar-refractivity contribution in [2.45, 2.75) is 19.8 Å². The summed E-state index contributed by atoms with van der Waals surface area (Å²) < 4.78 is 0. The van der Waals surface area contributed by atoms with E-state index in [9.17, 15) is 0 Å². The Morgan fingerprint density at radius 3 is 2.33 bits per heavy atom. The summed E-state index contributed by atoms with van der Waals surface area (Å²) in [4.78, 5) is 7.55. The van der Waals surface area contributed by atoms with Crippen molar-refractivity contribution < 1.29 is 15.3 Å². The van der Waals surface area contributed by atoms with E-state index in [0.29, 0.717) is 11.3 Å². The van der Waals surface area contributed by atoms with Gasteiger partial charge in [-0.15, -0.1) is 0 Å². The molecule has 3 N–H and O–H groups in total. The first-order valence-corrected chi connectivity index (χ1v) is 3.48. The van der Waals surface area contributed by atoms with Gasteiger partial charge in [-0.1, -0.05) is 0 Å². The van der Waals surface area contributed by atoms with E-state index < -0.39 is 0 Å². The number of aromatic nitrogens is 2. The smallest absolute Gasteiger partial charge is 0.153 e. The predicted octanol–water partition coefficient (Wildman–Crippen LogP) is -1.05. The van der Waals surface area contributed by atoms with Crippen molar-refractivity contribution in [3.05, 3.63) is 23.3 Å². The van der Waals surface area contributed by atoms with E-state index in [-0.39, 0.29) is 25.6 Å². The predicted molar refractivity (Wildman–Crippen MR) is 39.8 cm³/mol. The SMILES string of the molecule is OCc1ncc(CO)c(CO)n1. The number of aliphatic hydroxyl groups is 3. The second-order valence-corrected chi connectivity index (χ2v) is 2.23. The van der Waals surface area contributed by atoms with Gasteiger partial charge in [-0.05, 0) is 0 Å². The van der Waals surface area contributed by atoms with E-state index in [2.05, 4.69) is 9.97 Å². The maximum atomic E-state index is 8.79. The van der Waals surface area contributed by atoms with Crippen LogP contribution in [0.15, 0.2) is 6.20 Å². The van der Waals surface area contributed by atoms with Crippen LogP contribution in [0.1, 0.15) is 17.1 Å². The lowest BCUT2D eigenvalue weighted by molar-refractivity contribution is 0.247. The molecule has 1 aromatic rings. The molecule has 0 bridgehead atoms. The van der Waals surface area contributed by atoms with E-state index in [0.717, 1.165) is 0 Å². The van der Waals surface area contributed by atoms with E-state index in [1.165, 1.54) is 6.20 Å². The zero-order valence-corrected chi connectivity index (χ0v) is 6.43. The lowest BCUT2D eigenvalue weighted by Gasteiger charge is -2.03. The summed E-state index contributed by atoms with van der Waals surface area (Å²) in [6, 6.07) is 0. The molecular weight excluding hydrogens is 160 g/mol. The molecule has 5 heteroatoms. The molecular formula is C7H10N2O3. The van der Waals surface area contributed by atoms with E-state index in [4.69, 9.17) is 15.3 Å². The molecule has 0 saturated heterocycles. The maximum Gasteiger partial charge on any atom is 0.153 e. The highest BCUT2D eigenvalue weighted by Gasteiger charge is 2.03. The van der Waals surface area contributed by atoms with Gasteiger partial charge in [0, 0.05) is 11.8 Å². The summed E-state index contributed by atoms with van der Waals surface area (Å²) in [7, 11) is 0. The van der Waals surface area contributed by atoms with Gasteiger partial charge in [0.2, 0.25) is 0 Å². The van der Waals surface area contributed by atoms with Crippen LogP contribution in [0.4, 0.5) is 0 Å². The lowest BCUT2D eigenvalue weighted by Crippen LogP contribution is -2.04. The third kappa shape index (κ3) is 1.76. The Labute approximate surface area is 69.3 Å². The molecule has 5 nitrogen and oxygen atoms in total. The highest BCUT2D eigenvalue weighted by Crippen LogP contribution is 2.04. The van der Waals surface area contributed by atoms with Crippen molar-refractivity contribution in [1.29, 1.82) is 0 Å². The largest absolute Gasteiger partial charge is 0.392 e. The Morgan fingerprint density at radius 2 is 1.83 bits per heavy atom. The fraction of sp³-hybridized carbons (Fsp3) is 0.429. The average molecular weight is 170 g/mol. The number of hydrogen-bond donors (Lipinski definition) is 3. The zero-order chi connectivity index (χ0) is 8.97. The Bertz CT molecular complexity index is 265. The van der Waals surface area contributed by atoms with Crippen molar-refractivity contribution in [3.63, 3.8) is 0 Å². The molecule has 1 aromatic heterocycles. The highest BCUT2D eigenvalue weighted by atomic mass is 16.3. The van der Waals surface area contributed by atoms with Crippen LogP contribution in [0.2, 0.25) is 0 Å². The molecule has 66 valence electrons. The van der Waals surface area contributed by atoms with Crippen LogP contribution in [0.5, 0.6) is 0 Å². The number of aliphatic hydroxyl groups excluding tert-OH is 3. The Hall–Kier alpha value is -1.04. The first-order valence-electron chi connectivity index (χ1n) is 3.48. The van der Waals surface area contributed by atoms with E-state index >= 15 is 0 Å². The van der Waals surface area contributed by atoms with E-state index in [1.54, 1.807) is 0 Å². The monoisotopic (exact) mass is 170 g/mol. The molecule has 0 radical (unpaired) electrons. The number of hydrogen-bond acceptors (Lipinski definition) is 5. The minimum atomic E-state index is -0.265. The minimum absolute atomic E-state index is 0.207. The molecule has 12 heavy (non-hydrogen) atoms. The molecule has 0 spiro atoms. The molecule has 0 amide bonds. The van der Waals surface area contributed by atoms with Crippen molar-refractivity contribution in [2.75, 3.05) is 0 Å². The van der Waals surface area contributed by atoms with Crippen LogP contribution >= 0.6 is 0 Å². The number of nitrogens with zero attached hydrogens (tertiary/aromatic N) is 2.